The minimum atomic E-state index is -3.20. The summed E-state index contributed by atoms with van der Waals surface area (Å²) in [6, 6.07) is 0.170. The van der Waals surface area contributed by atoms with Crippen LogP contribution < -0.4 is 0 Å². The van der Waals surface area contributed by atoms with E-state index in [1.807, 2.05) is 0 Å². The molecule has 0 aliphatic heterocycles. The number of aliphatic hydroxyl groups is 1. The van der Waals surface area contributed by atoms with Crippen LogP contribution in [0, 0.1) is 0 Å². The molecule has 0 radical (unpaired) electrons. The highest BCUT2D eigenvalue weighted by Gasteiger charge is 2.36. The summed E-state index contributed by atoms with van der Waals surface area (Å²) < 4.78 is 30.1. The predicted molar refractivity (Wildman–Crippen MR) is 57.1 cm³/mol. The van der Waals surface area contributed by atoms with Gasteiger partial charge < -0.3 is 9.84 Å². The van der Waals surface area contributed by atoms with E-state index in [9.17, 15) is 8.42 Å². The van der Waals surface area contributed by atoms with Crippen molar-refractivity contribution in [3.05, 3.63) is 0 Å². The summed E-state index contributed by atoms with van der Waals surface area (Å²) in [5, 5.41) is 8.63. The highest BCUT2D eigenvalue weighted by Crippen LogP contribution is 2.29. The number of methoxy groups -OCH3 is 1. The van der Waals surface area contributed by atoms with Crippen LogP contribution in [0.3, 0.4) is 0 Å². The molecule has 1 rings (SSSR count). The minimum absolute atomic E-state index is 0.0315. The van der Waals surface area contributed by atoms with Gasteiger partial charge in [-0.05, 0) is 19.3 Å². The summed E-state index contributed by atoms with van der Waals surface area (Å²) >= 11 is 0. The molecule has 90 valence electrons. The van der Waals surface area contributed by atoms with Crippen molar-refractivity contribution < 1.29 is 18.3 Å². The van der Waals surface area contributed by atoms with Crippen LogP contribution in [0.2, 0.25) is 0 Å². The van der Waals surface area contributed by atoms with Crippen LogP contribution in [0.25, 0.3) is 0 Å². The van der Waals surface area contributed by atoms with Crippen LogP contribution in [-0.4, -0.2) is 56.5 Å². The van der Waals surface area contributed by atoms with E-state index in [1.165, 1.54) is 4.31 Å². The highest BCUT2D eigenvalue weighted by atomic mass is 32.2. The molecular weight excluding hydrogens is 218 g/mol. The summed E-state index contributed by atoms with van der Waals surface area (Å²) in [6.45, 7) is 0.770. The van der Waals surface area contributed by atoms with Crippen molar-refractivity contribution in [2.45, 2.75) is 25.3 Å². The van der Waals surface area contributed by atoms with Crippen molar-refractivity contribution >= 4 is 10.0 Å². The first-order valence-electron chi connectivity index (χ1n) is 5.21. The van der Waals surface area contributed by atoms with E-state index in [0.29, 0.717) is 19.6 Å². The minimum Gasteiger partial charge on any atom is -0.396 e. The first-order chi connectivity index (χ1) is 7.11. The van der Waals surface area contributed by atoms with E-state index in [1.54, 1.807) is 7.11 Å². The van der Waals surface area contributed by atoms with E-state index in [2.05, 4.69) is 0 Å². The van der Waals surface area contributed by atoms with Crippen molar-refractivity contribution in [2.24, 2.45) is 0 Å². The van der Waals surface area contributed by atoms with Gasteiger partial charge in [0.1, 0.15) is 0 Å². The molecule has 0 unspecified atom stereocenters. The number of hydrogen-bond acceptors (Lipinski definition) is 4. The zero-order valence-corrected chi connectivity index (χ0v) is 9.87. The Morgan fingerprint density at radius 1 is 1.47 bits per heavy atom. The van der Waals surface area contributed by atoms with Crippen LogP contribution in [0.5, 0.6) is 0 Å². The number of rotatable bonds is 8. The number of sulfonamides is 1. The molecule has 1 aliphatic rings. The van der Waals surface area contributed by atoms with E-state index in [-0.39, 0.29) is 18.4 Å². The topological polar surface area (TPSA) is 66.8 Å². The van der Waals surface area contributed by atoms with Gasteiger partial charge in [0.2, 0.25) is 10.0 Å². The first kappa shape index (κ1) is 12.9. The molecule has 0 saturated heterocycles. The molecule has 0 aromatic heterocycles. The van der Waals surface area contributed by atoms with E-state index in [4.69, 9.17) is 9.84 Å². The van der Waals surface area contributed by atoms with E-state index in [0.717, 1.165) is 12.8 Å². The van der Waals surface area contributed by atoms with Crippen LogP contribution in [0.4, 0.5) is 0 Å². The molecule has 15 heavy (non-hydrogen) atoms. The number of nitrogens with zero attached hydrogens (tertiary/aromatic N) is 1. The molecule has 1 aliphatic carbocycles. The fourth-order valence-corrected chi connectivity index (χ4v) is 3.20. The quantitative estimate of drug-likeness (QED) is 0.635. The Kier molecular flexibility index (Phi) is 4.98. The molecular formula is C9H19NO4S. The lowest BCUT2D eigenvalue weighted by Crippen LogP contribution is -2.37. The van der Waals surface area contributed by atoms with Gasteiger partial charge in [-0.25, -0.2) is 8.42 Å². The largest absolute Gasteiger partial charge is 0.396 e. The fourth-order valence-electron chi connectivity index (χ4n) is 1.46. The summed E-state index contributed by atoms with van der Waals surface area (Å²) in [5.74, 6) is 0.0315. The molecule has 1 saturated carbocycles. The Balaban J connectivity index is 2.52. The average molecular weight is 237 g/mol. The Labute approximate surface area is 91.1 Å². The summed E-state index contributed by atoms with van der Waals surface area (Å²) in [4.78, 5) is 0. The molecule has 5 nitrogen and oxygen atoms in total. The van der Waals surface area contributed by atoms with Gasteiger partial charge in [-0.1, -0.05) is 0 Å². The summed E-state index contributed by atoms with van der Waals surface area (Å²) in [7, 11) is -1.64. The fraction of sp³-hybridized carbons (Fsp3) is 1.00. The van der Waals surface area contributed by atoms with Gasteiger partial charge >= 0.3 is 0 Å². The maximum absolute atomic E-state index is 11.8. The molecule has 0 aromatic rings. The Morgan fingerprint density at radius 2 is 2.13 bits per heavy atom. The Bertz CT molecular complexity index is 274. The van der Waals surface area contributed by atoms with Crippen molar-refractivity contribution in [2.75, 3.05) is 32.6 Å². The monoisotopic (exact) mass is 237 g/mol. The lowest BCUT2D eigenvalue weighted by atomic mass is 10.5. The second kappa shape index (κ2) is 5.79. The molecule has 6 heteroatoms. The Hall–Kier alpha value is -0.170. The zero-order chi connectivity index (χ0) is 11.3. The van der Waals surface area contributed by atoms with Gasteiger partial charge in [-0.3, -0.25) is 0 Å². The average Bonchev–Trinajstić information content (AvgIpc) is 2.99. The number of hydrogen-bond donors (Lipinski definition) is 1. The van der Waals surface area contributed by atoms with Crippen molar-refractivity contribution in [3.63, 3.8) is 0 Å². The smallest absolute Gasteiger partial charge is 0.214 e. The van der Waals surface area contributed by atoms with E-state index >= 15 is 0 Å². The lowest BCUT2D eigenvalue weighted by molar-refractivity contribution is 0.177. The maximum atomic E-state index is 11.8. The van der Waals surface area contributed by atoms with Crippen molar-refractivity contribution in [1.82, 2.24) is 4.31 Å². The molecule has 0 heterocycles. The second-order valence-electron chi connectivity index (χ2n) is 3.73. The van der Waals surface area contributed by atoms with Crippen LogP contribution in [-0.2, 0) is 14.8 Å². The van der Waals surface area contributed by atoms with Crippen LogP contribution in [0.1, 0.15) is 19.3 Å². The maximum Gasteiger partial charge on any atom is 0.214 e. The molecule has 0 bridgehead atoms. The molecule has 0 spiro atoms. The standard InChI is InChI=1S/C9H19NO4S/c1-14-7-5-10(9-3-4-9)15(12,13)8-2-6-11/h9,11H,2-8H2,1H3. The molecule has 1 fully saturated rings. The first-order valence-corrected chi connectivity index (χ1v) is 6.82. The zero-order valence-electron chi connectivity index (χ0n) is 9.05. The number of aliphatic hydroxyl groups excluding tert-OH is 1. The summed E-state index contributed by atoms with van der Waals surface area (Å²) in [5.41, 5.74) is 0. The Morgan fingerprint density at radius 3 is 2.60 bits per heavy atom. The van der Waals surface area contributed by atoms with Gasteiger partial charge in [0.25, 0.3) is 0 Å². The van der Waals surface area contributed by atoms with Crippen molar-refractivity contribution in [3.8, 4) is 0 Å². The van der Waals surface area contributed by atoms with Gasteiger partial charge in [-0.15, -0.1) is 0 Å². The van der Waals surface area contributed by atoms with E-state index < -0.39 is 10.0 Å². The molecule has 0 atom stereocenters. The summed E-state index contributed by atoms with van der Waals surface area (Å²) in [6.07, 6.45) is 2.20. The molecule has 0 amide bonds. The van der Waals surface area contributed by atoms with Gasteiger partial charge in [0, 0.05) is 26.3 Å². The SMILES string of the molecule is COCCN(C1CC1)S(=O)(=O)CCCO. The third kappa shape index (κ3) is 4.06. The molecule has 1 N–H and O–H groups in total. The number of ether oxygens (including phenoxy) is 1. The van der Waals surface area contributed by atoms with Gasteiger partial charge in [-0.2, -0.15) is 4.31 Å². The van der Waals surface area contributed by atoms with Crippen LogP contribution in [0.15, 0.2) is 0 Å². The molecule has 0 aromatic carbocycles. The third-order valence-corrected chi connectivity index (χ3v) is 4.39. The second-order valence-corrected chi connectivity index (χ2v) is 5.77. The lowest BCUT2D eigenvalue weighted by Gasteiger charge is -2.21. The van der Waals surface area contributed by atoms with Gasteiger partial charge in [0.15, 0.2) is 0 Å². The normalized spacial score (nSPS) is 17.3. The highest BCUT2D eigenvalue weighted by molar-refractivity contribution is 7.89. The predicted octanol–water partition coefficient (Wildman–Crippen LogP) is -0.191. The van der Waals surface area contributed by atoms with Gasteiger partial charge in [0.05, 0.1) is 12.4 Å². The van der Waals surface area contributed by atoms with Crippen LogP contribution >= 0.6 is 0 Å². The van der Waals surface area contributed by atoms with Crippen molar-refractivity contribution in [1.29, 1.82) is 0 Å². The third-order valence-electron chi connectivity index (χ3n) is 2.39.